The van der Waals surface area contributed by atoms with Gasteiger partial charge in [-0.05, 0) is 50.8 Å². The molecule has 0 radical (unpaired) electrons. The number of sulfone groups is 1. The van der Waals surface area contributed by atoms with Crippen LogP contribution in [0.5, 0.6) is 0 Å². The Labute approximate surface area is 133 Å². The number of likely N-dealkylation sites (tertiary alicyclic amines) is 1. The molecule has 22 heavy (non-hydrogen) atoms. The first-order chi connectivity index (χ1) is 10.3. The summed E-state index contributed by atoms with van der Waals surface area (Å²) in [5, 5.41) is 0. The highest BCUT2D eigenvalue weighted by Gasteiger charge is 2.30. The van der Waals surface area contributed by atoms with Crippen molar-refractivity contribution in [3.05, 3.63) is 29.8 Å². The van der Waals surface area contributed by atoms with Crippen molar-refractivity contribution >= 4 is 15.7 Å². The minimum absolute atomic E-state index is 0.107. The summed E-state index contributed by atoms with van der Waals surface area (Å²) in [6, 6.07) is 7.57. The molecule has 0 aromatic heterocycles. The van der Waals surface area contributed by atoms with Gasteiger partial charge in [-0.1, -0.05) is 19.1 Å². The van der Waals surface area contributed by atoms with Crippen LogP contribution in [-0.4, -0.2) is 37.1 Å². The normalized spacial score (nSPS) is 22.0. The first-order valence-corrected chi connectivity index (χ1v) is 9.63. The topological polar surface area (TPSA) is 54.5 Å². The van der Waals surface area contributed by atoms with E-state index in [4.69, 9.17) is 0 Å². The van der Waals surface area contributed by atoms with Gasteiger partial charge < -0.3 is 4.90 Å². The monoisotopic (exact) mass is 323 g/mol. The summed E-state index contributed by atoms with van der Waals surface area (Å²) in [6.07, 6.45) is 3.29. The average Bonchev–Trinajstić information content (AvgIpc) is 2.84. The molecular formula is C17H25NO3S. The Morgan fingerprint density at radius 3 is 2.18 bits per heavy atom. The smallest absolute Gasteiger partial charge is 0.223 e. The largest absolute Gasteiger partial charge is 0.337 e. The number of hydrogen-bond donors (Lipinski definition) is 0. The molecule has 0 N–H and O–H groups in total. The van der Waals surface area contributed by atoms with E-state index in [1.165, 1.54) is 0 Å². The number of carbonyl (C=O) groups excluding carboxylic acids is 1. The molecule has 0 bridgehead atoms. The molecule has 1 aliphatic rings. The average molecular weight is 323 g/mol. The minimum Gasteiger partial charge on any atom is -0.337 e. The molecule has 1 heterocycles. The van der Waals surface area contributed by atoms with E-state index in [0.29, 0.717) is 29.8 Å². The van der Waals surface area contributed by atoms with Crippen molar-refractivity contribution < 1.29 is 13.2 Å². The number of carbonyl (C=O) groups is 1. The Bertz CT molecular complexity index is 612. The van der Waals surface area contributed by atoms with Gasteiger partial charge in [0.2, 0.25) is 5.91 Å². The number of amides is 1. The predicted octanol–water partition coefficient (Wildman–Crippen LogP) is 2.81. The third-order valence-corrected chi connectivity index (χ3v) is 6.28. The Balaban J connectivity index is 1.96. The zero-order chi connectivity index (χ0) is 16.3. The van der Waals surface area contributed by atoms with E-state index in [9.17, 15) is 13.2 Å². The molecule has 0 aliphatic carbocycles. The fourth-order valence-electron chi connectivity index (χ4n) is 3.10. The van der Waals surface area contributed by atoms with Crippen LogP contribution in [0.2, 0.25) is 0 Å². The maximum absolute atomic E-state index is 12.3. The Morgan fingerprint density at radius 1 is 1.14 bits per heavy atom. The molecule has 4 nitrogen and oxygen atoms in total. The molecule has 5 heteroatoms. The molecule has 0 spiro atoms. The van der Waals surface area contributed by atoms with Crippen molar-refractivity contribution in [3.63, 3.8) is 0 Å². The second-order valence-electron chi connectivity index (χ2n) is 6.12. The van der Waals surface area contributed by atoms with Gasteiger partial charge in [-0.3, -0.25) is 4.79 Å². The fraction of sp³-hybridized carbons (Fsp3) is 0.588. The highest BCUT2D eigenvalue weighted by molar-refractivity contribution is 7.91. The zero-order valence-corrected chi connectivity index (χ0v) is 14.4. The molecule has 1 fully saturated rings. The Hall–Kier alpha value is -1.36. The van der Waals surface area contributed by atoms with E-state index in [0.717, 1.165) is 18.4 Å². The highest BCUT2D eigenvalue weighted by atomic mass is 32.2. The summed E-state index contributed by atoms with van der Waals surface area (Å²) in [7, 11) is -3.15. The van der Waals surface area contributed by atoms with Crippen molar-refractivity contribution in [1.29, 1.82) is 0 Å². The van der Waals surface area contributed by atoms with Gasteiger partial charge in [-0.25, -0.2) is 8.42 Å². The minimum atomic E-state index is -3.15. The summed E-state index contributed by atoms with van der Waals surface area (Å²) in [5.41, 5.74) is 1.00. The van der Waals surface area contributed by atoms with Gasteiger partial charge in [0, 0.05) is 18.5 Å². The molecule has 1 aromatic rings. The first-order valence-electron chi connectivity index (χ1n) is 7.98. The van der Waals surface area contributed by atoms with Gasteiger partial charge in [-0.15, -0.1) is 0 Å². The van der Waals surface area contributed by atoms with Crippen LogP contribution in [0.3, 0.4) is 0 Å². The third kappa shape index (κ3) is 3.69. The second kappa shape index (κ2) is 6.82. The Morgan fingerprint density at radius 2 is 1.68 bits per heavy atom. The standard InChI is InChI=1S/C17H25NO3S/c1-4-22(20,21)16-10-7-15(8-11-16)9-12-17(19)18-13(2)5-6-14(18)3/h7-8,10-11,13-14H,4-6,9,12H2,1-3H3. The molecule has 0 saturated carbocycles. The molecule has 1 aliphatic heterocycles. The lowest BCUT2D eigenvalue weighted by atomic mass is 10.1. The maximum Gasteiger partial charge on any atom is 0.223 e. The number of hydrogen-bond acceptors (Lipinski definition) is 3. The zero-order valence-electron chi connectivity index (χ0n) is 13.6. The lowest BCUT2D eigenvalue weighted by molar-refractivity contribution is -0.133. The van der Waals surface area contributed by atoms with Crippen LogP contribution in [0.15, 0.2) is 29.2 Å². The lowest BCUT2D eigenvalue weighted by Gasteiger charge is -2.26. The van der Waals surface area contributed by atoms with E-state index >= 15 is 0 Å². The number of benzene rings is 1. The van der Waals surface area contributed by atoms with Gasteiger partial charge in [-0.2, -0.15) is 0 Å². The lowest BCUT2D eigenvalue weighted by Crippen LogP contribution is -2.38. The first kappa shape index (κ1) is 17.0. The SMILES string of the molecule is CCS(=O)(=O)c1ccc(CCC(=O)N2C(C)CCC2C)cc1. The summed E-state index contributed by atoms with van der Waals surface area (Å²) in [5.74, 6) is 0.304. The molecule has 2 rings (SSSR count). The van der Waals surface area contributed by atoms with Crippen LogP contribution in [-0.2, 0) is 21.1 Å². The molecule has 2 atom stereocenters. The van der Waals surface area contributed by atoms with Crippen molar-refractivity contribution in [2.75, 3.05) is 5.75 Å². The molecule has 2 unspecified atom stereocenters. The summed E-state index contributed by atoms with van der Waals surface area (Å²) in [4.78, 5) is 14.7. The van der Waals surface area contributed by atoms with Crippen LogP contribution in [0, 0.1) is 0 Å². The van der Waals surface area contributed by atoms with E-state index in [1.807, 2.05) is 17.0 Å². The number of rotatable bonds is 5. The molecular weight excluding hydrogens is 298 g/mol. The summed E-state index contributed by atoms with van der Waals surface area (Å²) < 4.78 is 23.5. The molecule has 122 valence electrons. The highest BCUT2D eigenvalue weighted by Crippen LogP contribution is 2.24. The third-order valence-electron chi connectivity index (χ3n) is 4.53. The van der Waals surface area contributed by atoms with E-state index in [1.54, 1.807) is 19.1 Å². The van der Waals surface area contributed by atoms with Gasteiger partial charge in [0.15, 0.2) is 9.84 Å². The number of aryl methyl sites for hydroxylation is 1. The van der Waals surface area contributed by atoms with Crippen LogP contribution >= 0.6 is 0 Å². The van der Waals surface area contributed by atoms with Crippen molar-refractivity contribution in [2.24, 2.45) is 0 Å². The molecule has 1 amide bonds. The number of nitrogens with zero attached hydrogens (tertiary/aromatic N) is 1. The van der Waals surface area contributed by atoms with Crippen molar-refractivity contribution in [3.8, 4) is 0 Å². The predicted molar refractivity (Wildman–Crippen MR) is 87.5 cm³/mol. The van der Waals surface area contributed by atoms with Crippen LogP contribution in [0.1, 0.15) is 45.6 Å². The Kier molecular flexibility index (Phi) is 5.27. The van der Waals surface area contributed by atoms with E-state index < -0.39 is 9.84 Å². The summed E-state index contributed by atoms with van der Waals surface area (Å²) >= 11 is 0. The quantitative estimate of drug-likeness (QED) is 0.837. The van der Waals surface area contributed by atoms with Gasteiger partial charge in [0.25, 0.3) is 0 Å². The van der Waals surface area contributed by atoms with Crippen LogP contribution in [0.25, 0.3) is 0 Å². The summed E-state index contributed by atoms with van der Waals surface area (Å²) in [6.45, 7) is 5.85. The fourth-order valence-corrected chi connectivity index (χ4v) is 3.98. The van der Waals surface area contributed by atoms with Crippen LogP contribution < -0.4 is 0 Å². The second-order valence-corrected chi connectivity index (χ2v) is 8.40. The molecule has 1 saturated heterocycles. The van der Waals surface area contributed by atoms with Gasteiger partial charge in [0.1, 0.15) is 0 Å². The maximum atomic E-state index is 12.3. The van der Waals surface area contributed by atoms with E-state index in [2.05, 4.69) is 13.8 Å². The van der Waals surface area contributed by atoms with Crippen molar-refractivity contribution in [2.45, 2.75) is 63.4 Å². The van der Waals surface area contributed by atoms with Crippen LogP contribution in [0.4, 0.5) is 0 Å². The van der Waals surface area contributed by atoms with Gasteiger partial charge >= 0.3 is 0 Å². The van der Waals surface area contributed by atoms with Crippen molar-refractivity contribution in [1.82, 2.24) is 4.90 Å². The van der Waals surface area contributed by atoms with Gasteiger partial charge in [0.05, 0.1) is 10.6 Å². The van der Waals surface area contributed by atoms with E-state index in [-0.39, 0.29) is 11.7 Å². The molecule has 1 aromatic carbocycles.